The van der Waals surface area contributed by atoms with Gasteiger partial charge < -0.3 is 11.1 Å². The van der Waals surface area contributed by atoms with Gasteiger partial charge in [0.05, 0.1) is 5.54 Å². The Balaban J connectivity index is 2.19. The molecule has 0 aliphatic heterocycles. The quantitative estimate of drug-likeness (QED) is 0.613. The van der Waals surface area contributed by atoms with Crippen molar-refractivity contribution in [3.63, 3.8) is 0 Å². The molecular formula is C9H18N2O. The van der Waals surface area contributed by atoms with Gasteiger partial charge in [-0.15, -0.1) is 0 Å². The predicted molar refractivity (Wildman–Crippen MR) is 48.7 cm³/mol. The molecule has 0 atom stereocenters. The van der Waals surface area contributed by atoms with Gasteiger partial charge in [0.1, 0.15) is 0 Å². The van der Waals surface area contributed by atoms with Gasteiger partial charge in [-0.25, -0.2) is 0 Å². The van der Waals surface area contributed by atoms with Crippen molar-refractivity contribution in [1.29, 1.82) is 0 Å². The van der Waals surface area contributed by atoms with Gasteiger partial charge in [-0.2, -0.15) is 0 Å². The molecule has 1 rings (SSSR count). The molecule has 0 aromatic heterocycles. The lowest BCUT2D eigenvalue weighted by molar-refractivity contribution is -0.129. The van der Waals surface area contributed by atoms with Crippen molar-refractivity contribution in [3.8, 4) is 0 Å². The molecule has 0 bridgehead atoms. The molecule has 0 spiro atoms. The zero-order valence-corrected chi connectivity index (χ0v) is 7.73. The molecule has 1 aliphatic rings. The summed E-state index contributed by atoms with van der Waals surface area (Å²) in [5.74, 6) is 0.0437. The minimum absolute atomic E-state index is 0.0437. The van der Waals surface area contributed by atoms with Crippen LogP contribution in [0.5, 0.6) is 0 Å². The Bertz CT molecular complexity index is 164. The van der Waals surface area contributed by atoms with Gasteiger partial charge in [0.2, 0.25) is 5.91 Å². The highest BCUT2D eigenvalue weighted by atomic mass is 16.2. The van der Waals surface area contributed by atoms with E-state index in [0.717, 1.165) is 38.6 Å². The van der Waals surface area contributed by atoms with Crippen LogP contribution in [0.1, 0.15) is 39.0 Å². The van der Waals surface area contributed by atoms with Gasteiger partial charge in [0.15, 0.2) is 0 Å². The highest BCUT2D eigenvalue weighted by molar-refractivity contribution is 5.86. The van der Waals surface area contributed by atoms with E-state index in [1.807, 2.05) is 0 Å². The summed E-state index contributed by atoms with van der Waals surface area (Å²) in [7, 11) is 0. The maximum atomic E-state index is 11.4. The summed E-state index contributed by atoms with van der Waals surface area (Å²) in [6, 6.07) is 0. The number of carbonyl (C=O) groups is 1. The van der Waals surface area contributed by atoms with E-state index in [1.54, 1.807) is 0 Å². The van der Waals surface area contributed by atoms with Gasteiger partial charge in [-0.05, 0) is 25.7 Å². The zero-order valence-electron chi connectivity index (χ0n) is 7.73. The number of rotatable bonds is 4. The Morgan fingerprint density at radius 3 is 2.67 bits per heavy atom. The maximum absolute atomic E-state index is 11.4. The van der Waals surface area contributed by atoms with Crippen LogP contribution in [0, 0.1) is 0 Å². The van der Waals surface area contributed by atoms with Crippen LogP contribution in [0.4, 0.5) is 0 Å². The summed E-state index contributed by atoms with van der Waals surface area (Å²) in [5.41, 5.74) is 5.30. The number of nitrogens with one attached hydrogen (secondary N) is 1. The molecular weight excluding hydrogens is 152 g/mol. The molecule has 3 nitrogen and oxygen atoms in total. The molecule has 0 saturated heterocycles. The van der Waals surface area contributed by atoms with Gasteiger partial charge >= 0.3 is 0 Å². The fraction of sp³-hybridized carbons (Fsp3) is 0.889. The average Bonchev–Trinajstić information content (AvgIpc) is 2.00. The van der Waals surface area contributed by atoms with Crippen molar-refractivity contribution in [2.75, 3.05) is 6.54 Å². The van der Waals surface area contributed by atoms with E-state index in [4.69, 9.17) is 5.73 Å². The maximum Gasteiger partial charge on any atom is 0.240 e. The van der Waals surface area contributed by atoms with E-state index < -0.39 is 5.54 Å². The fourth-order valence-corrected chi connectivity index (χ4v) is 1.34. The summed E-state index contributed by atoms with van der Waals surface area (Å²) < 4.78 is 0. The van der Waals surface area contributed by atoms with Gasteiger partial charge in [0.25, 0.3) is 0 Å². The summed E-state index contributed by atoms with van der Waals surface area (Å²) in [4.78, 5) is 11.4. The molecule has 1 aliphatic carbocycles. The third-order valence-electron chi connectivity index (χ3n) is 2.51. The number of nitrogens with two attached hydrogens (primary N) is 1. The van der Waals surface area contributed by atoms with Gasteiger partial charge in [-0.3, -0.25) is 4.79 Å². The van der Waals surface area contributed by atoms with Crippen molar-refractivity contribution in [1.82, 2.24) is 5.32 Å². The van der Waals surface area contributed by atoms with Crippen LogP contribution < -0.4 is 11.1 Å². The lowest BCUT2D eigenvalue weighted by Gasteiger charge is -2.36. The van der Waals surface area contributed by atoms with Crippen LogP contribution in [0.2, 0.25) is 0 Å². The van der Waals surface area contributed by atoms with Gasteiger partial charge in [-0.1, -0.05) is 13.3 Å². The lowest BCUT2D eigenvalue weighted by Crippen LogP contribution is -2.58. The molecule has 1 saturated carbocycles. The third kappa shape index (κ3) is 1.97. The van der Waals surface area contributed by atoms with Crippen LogP contribution in [0.3, 0.4) is 0 Å². The molecule has 3 N–H and O–H groups in total. The van der Waals surface area contributed by atoms with Crippen LogP contribution in [0.25, 0.3) is 0 Å². The molecule has 12 heavy (non-hydrogen) atoms. The van der Waals surface area contributed by atoms with Crippen LogP contribution >= 0.6 is 0 Å². The first-order valence-corrected chi connectivity index (χ1v) is 4.76. The minimum Gasteiger partial charge on any atom is -0.355 e. The first-order chi connectivity index (χ1) is 5.69. The Morgan fingerprint density at radius 2 is 2.25 bits per heavy atom. The summed E-state index contributed by atoms with van der Waals surface area (Å²) >= 11 is 0. The summed E-state index contributed by atoms with van der Waals surface area (Å²) in [6.07, 6.45) is 4.95. The molecule has 0 unspecified atom stereocenters. The van der Waals surface area contributed by atoms with Crippen LogP contribution in [-0.2, 0) is 4.79 Å². The Morgan fingerprint density at radius 1 is 1.58 bits per heavy atom. The predicted octanol–water partition coefficient (Wildman–Crippen LogP) is 0.784. The molecule has 70 valence electrons. The summed E-state index contributed by atoms with van der Waals surface area (Å²) in [6.45, 7) is 2.88. The summed E-state index contributed by atoms with van der Waals surface area (Å²) in [5, 5.41) is 2.86. The molecule has 1 amide bonds. The second kappa shape index (κ2) is 3.90. The number of hydrogen-bond donors (Lipinski definition) is 2. The Kier molecular flexibility index (Phi) is 3.09. The largest absolute Gasteiger partial charge is 0.355 e. The highest BCUT2D eigenvalue weighted by Crippen LogP contribution is 2.28. The van der Waals surface area contributed by atoms with E-state index in [1.165, 1.54) is 0 Å². The van der Waals surface area contributed by atoms with Crippen LogP contribution in [0.15, 0.2) is 0 Å². The van der Waals surface area contributed by atoms with Crippen molar-refractivity contribution in [3.05, 3.63) is 0 Å². The smallest absolute Gasteiger partial charge is 0.240 e. The molecule has 0 aromatic carbocycles. The monoisotopic (exact) mass is 170 g/mol. The lowest BCUT2D eigenvalue weighted by atomic mass is 9.77. The van der Waals surface area contributed by atoms with Crippen molar-refractivity contribution in [2.45, 2.75) is 44.6 Å². The highest BCUT2D eigenvalue weighted by Gasteiger charge is 2.39. The normalized spacial score (nSPS) is 19.8. The average molecular weight is 170 g/mol. The second-order valence-electron chi connectivity index (χ2n) is 3.62. The molecule has 0 radical (unpaired) electrons. The molecule has 0 heterocycles. The number of amides is 1. The Hall–Kier alpha value is -0.570. The first kappa shape index (κ1) is 9.52. The Labute approximate surface area is 73.7 Å². The topological polar surface area (TPSA) is 55.1 Å². The SMILES string of the molecule is CCCCNC(=O)C1(N)CCC1. The van der Waals surface area contributed by atoms with E-state index in [9.17, 15) is 4.79 Å². The number of unbranched alkanes of at least 4 members (excludes halogenated alkanes) is 1. The molecule has 1 fully saturated rings. The third-order valence-corrected chi connectivity index (χ3v) is 2.51. The van der Waals surface area contributed by atoms with E-state index >= 15 is 0 Å². The van der Waals surface area contributed by atoms with Crippen molar-refractivity contribution < 1.29 is 4.79 Å². The van der Waals surface area contributed by atoms with E-state index in [2.05, 4.69) is 12.2 Å². The van der Waals surface area contributed by atoms with E-state index in [-0.39, 0.29) is 5.91 Å². The zero-order chi connectivity index (χ0) is 9.03. The van der Waals surface area contributed by atoms with Gasteiger partial charge in [0, 0.05) is 6.54 Å². The standard InChI is InChI=1S/C9H18N2O/c1-2-3-7-11-8(12)9(10)5-4-6-9/h2-7,10H2,1H3,(H,11,12). The molecule has 3 heteroatoms. The second-order valence-corrected chi connectivity index (χ2v) is 3.62. The fourth-order valence-electron chi connectivity index (χ4n) is 1.34. The first-order valence-electron chi connectivity index (χ1n) is 4.76. The number of carbonyl (C=O) groups excluding carboxylic acids is 1. The van der Waals surface area contributed by atoms with Crippen molar-refractivity contribution >= 4 is 5.91 Å². The minimum atomic E-state index is -0.520. The molecule has 0 aromatic rings. The number of hydrogen-bond acceptors (Lipinski definition) is 2. The van der Waals surface area contributed by atoms with E-state index in [0.29, 0.717) is 0 Å². The van der Waals surface area contributed by atoms with Crippen LogP contribution in [-0.4, -0.2) is 18.0 Å². The van der Waals surface area contributed by atoms with Crippen molar-refractivity contribution in [2.24, 2.45) is 5.73 Å².